The predicted octanol–water partition coefficient (Wildman–Crippen LogP) is 2.49. The van der Waals surface area contributed by atoms with Gasteiger partial charge in [-0.1, -0.05) is 0 Å². The highest BCUT2D eigenvalue weighted by molar-refractivity contribution is 5.93. The van der Waals surface area contributed by atoms with Crippen LogP contribution in [0.3, 0.4) is 0 Å². The Bertz CT molecular complexity index is 562. The second-order valence-electron chi connectivity index (χ2n) is 3.96. The Labute approximate surface area is 103 Å². The Kier molecular flexibility index (Phi) is 3.41. The van der Waals surface area contributed by atoms with Crippen LogP contribution in [0.2, 0.25) is 0 Å². The van der Waals surface area contributed by atoms with Gasteiger partial charge in [-0.15, -0.1) is 0 Å². The number of nitrogens with zero attached hydrogens (tertiary/aromatic N) is 2. The number of hydrogen-bond donors (Lipinski definition) is 0. The zero-order valence-corrected chi connectivity index (χ0v) is 9.65. The first-order valence-corrected chi connectivity index (χ1v) is 5.31. The first kappa shape index (κ1) is 12.3. The molecular weight excluding hydrogens is 238 g/mol. The summed E-state index contributed by atoms with van der Waals surface area (Å²) in [4.78, 5) is 19.5. The molecule has 0 spiro atoms. The van der Waals surface area contributed by atoms with Crippen LogP contribution in [0, 0.1) is 18.6 Å². The normalized spacial score (nSPS) is 10.4. The van der Waals surface area contributed by atoms with Crippen molar-refractivity contribution in [1.29, 1.82) is 0 Å². The average Bonchev–Trinajstić information content (AvgIpc) is 2.28. The number of Topliss-reactive ketones (excluding diaryl/α,β-unsaturated/α-hetero) is 1. The Morgan fingerprint density at radius 3 is 2.22 bits per heavy atom. The highest BCUT2D eigenvalue weighted by Gasteiger charge is 2.11. The summed E-state index contributed by atoms with van der Waals surface area (Å²) in [6.45, 7) is 1.80. The molecule has 1 heterocycles. The van der Waals surface area contributed by atoms with Crippen LogP contribution in [0.5, 0.6) is 0 Å². The molecular formula is C13H10F2N2O. The molecule has 2 aromatic rings. The molecule has 0 saturated carbocycles. The smallest absolute Gasteiger partial charge is 0.204 e. The lowest BCUT2D eigenvalue weighted by Crippen LogP contribution is -2.09. The predicted molar refractivity (Wildman–Crippen MR) is 61.2 cm³/mol. The minimum Gasteiger partial charge on any atom is -0.290 e. The van der Waals surface area contributed by atoms with Crippen LogP contribution in [-0.2, 0) is 6.42 Å². The van der Waals surface area contributed by atoms with Crippen LogP contribution < -0.4 is 0 Å². The molecule has 0 fully saturated rings. The van der Waals surface area contributed by atoms with Gasteiger partial charge in [0, 0.05) is 24.9 Å². The summed E-state index contributed by atoms with van der Waals surface area (Å²) in [5, 5.41) is 0. The first-order chi connectivity index (χ1) is 8.54. The fourth-order valence-electron chi connectivity index (χ4n) is 1.51. The van der Waals surface area contributed by atoms with Crippen molar-refractivity contribution in [1.82, 2.24) is 9.97 Å². The van der Waals surface area contributed by atoms with Gasteiger partial charge in [-0.2, -0.15) is 0 Å². The van der Waals surface area contributed by atoms with Gasteiger partial charge in [0.2, 0.25) is 5.78 Å². The Morgan fingerprint density at radius 2 is 1.67 bits per heavy atom. The second kappa shape index (κ2) is 5.00. The summed E-state index contributed by atoms with van der Waals surface area (Å²) in [5.74, 6) is -1.74. The first-order valence-electron chi connectivity index (χ1n) is 5.31. The van der Waals surface area contributed by atoms with Crippen molar-refractivity contribution in [3.8, 4) is 0 Å². The molecule has 1 aromatic carbocycles. The summed E-state index contributed by atoms with van der Waals surface area (Å²) in [6, 6.07) is 3.00. The summed E-state index contributed by atoms with van der Waals surface area (Å²) < 4.78 is 25.9. The van der Waals surface area contributed by atoms with E-state index in [1.165, 1.54) is 12.4 Å². The van der Waals surface area contributed by atoms with Gasteiger partial charge >= 0.3 is 0 Å². The van der Waals surface area contributed by atoms with E-state index in [-0.39, 0.29) is 23.6 Å². The van der Waals surface area contributed by atoms with E-state index in [9.17, 15) is 13.6 Å². The summed E-state index contributed by atoms with van der Waals surface area (Å²) in [5.41, 5.74) is 1.10. The summed E-state index contributed by atoms with van der Waals surface area (Å²) in [7, 11) is 0. The van der Waals surface area contributed by atoms with E-state index in [1.807, 2.05) is 0 Å². The third kappa shape index (κ3) is 2.94. The Morgan fingerprint density at radius 1 is 1.11 bits per heavy atom. The molecule has 0 aliphatic rings. The fraction of sp³-hybridized carbons (Fsp3) is 0.154. The highest BCUT2D eigenvalue weighted by Crippen LogP contribution is 2.10. The molecule has 2 rings (SSSR count). The summed E-state index contributed by atoms with van der Waals surface area (Å²) in [6.07, 6.45) is 2.91. The molecule has 1 aromatic heterocycles. The van der Waals surface area contributed by atoms with Crippen molar-refractivity contribution in [2.45, 2.75) is 13.3 Å². The van der Waals surface area contributed by atoms with Crippen LogP contribution >= 0.6 is 0 Å². The zero-order valence-electron chi connectivity index (χ0n) is 9.65. The molecule has 0 amide bonds. The molecule has 0 saturated heterocycles. The number of carbonyl (C=O) groups excluding carboxylic acids is 1. The van der Waals surface area contributed by atoms with Gasteiger partial charge in [-0.05, 0) is 30.2 Å². The molecule has 18 heavy (non-hydrogen) atoms. The number of aromatic nitrogens is 2. The second-order valence-corrected chi connectivity index (χ2v) is 3.96. The Balaban J connectivity index is 2.18. The lowest BCUT2D eigenvalue weighted by Gasteiger charge is -2.01. The lowest BCUT2D eigenvalue weighted by atomic mass is 10.1. The number of ketones is 1. The molecule has 0 N–H and O–H groups in total. The minimum atomic E-state index is -0.706. The third-order valence-corrected chi connectivity index (χ3v) is 2.32. The number of rotatable bonds is 3. The van der Waals surface area contributed by atoms with E-state index in [4.69, 9.17) is 0 Å². The monoisotopic (exact) mass is 248 g/mol. The molecule has 0 radical (unpaired) electrons. The molecule has 0 aliphatic carbocycles. The van der Waals surface area contributed by atoms with Crippen molar-refractivity contribution in [3.05, 3.63) is 59.2 Å². The lowest BCUT2D eigenvalue weighted by molar-refractivity contribution is 0.0983. The van der Waals surface area contributed by atoms with E-state index in [0.29, 0.717) is 0 Å². The van der Waals surface area contributed by atoms with Gasteiger partial charge in [0.05, 0.1) is 0 Å². The zero-order chi connectivity index (χ0) is 13.1. The maximum atomic E-state index is 13.0. The van der Waals surface area contributed by atoms with Crippen LogP contribution in [0.25, 0.3) is 0 Å². The van der Waals surface area contributed by atoms with E-state index in [2.05, 4.69) is 9.97 Å². The van der Waals surface area contributed by atoms with Crippen molar-refractivity contribution in [2.24, 2.45) is 0 Å². The van der Waals surface area contributed by atoms with Crippen LogP contribution in [-0.4, -0.2) is 15.8 Å². The Hall–Kier alpha value is -2.17. The SMILES string of the molecule is Cc1cnc(C(=O)Cc2cc(F)cc(F)c2)nc1. The van der Waals surface area contributed by atoms with E-state index in [1.54, 1.807) is 6.92 Å². The van der Waals surface area contributed by atoms with Gasteiger partial charge in [-0.25, -0.2) is 18.7 Å². The van der Waals surface area contributed by atoms with Crippen molar-refractivity contribution in [3.63, 3.8) is 0 Å². The van der Waals surface area contributed by atoms with Gasteiger partial charge in [-0.3, -0.25) is 4.79 Å². The number of halogens is 2. The van der Waals surface area contributed by atoms with E-state index >= 15 is 0 Å². The largest absolute Gasteiger partial charge is 0.290 e. The maximum Gasteiger partial charge on any atom is 0.204 e. The average molecular weight is 248 g/mol. The van der Waals surface area contributed by atoms with Crippen molar-refractivity contribution >= 4 is 5.78 Å². The van der Waals surface area contributed by atoms with Crippen LogP contribution in [0.15, 0.2) is 30.6 Å². The number of aryl methyl sites for hydroxylation is 1. The fourth-order valence-corrected chi connectivity index (χ4v) is 1.51. The summed E-state index contributed by atoms with van der Waals surface area (Å²) >= 11 is 0. The molecule has 0 aliphatic heterocycles. The van der Waals surface area contributed by atoms with Gasteiger partial charge in [0.1, 0.15) is 11.6 Å². The topological polar surface area (TPSA) is 42.9 Å². The van der Waals surface area contributed by atoms with Crippen LogP contribution in [0.1, 0.15) is 21.7 Å². The quantitative estimate of drug-likeness (QED) is 0.784. The van der Waals surface area contributed by atoms with E-state index < -0.39 is 11.6 Å². The molecule has 0 bridgehead atoms. The van der Waals surface area contributed by atoms with Crippen LogP contribution in [0.4, 0.5) is 8.78 Å². The number of benzene rings is 1. The number of carbonyl (C=O) groups is 1. The number of hydrogen-bond acceptors (Lipinski definition) is 3. The van der Waals surface area contributed by atoms with Gasteiger partial charge in [0.25, 0.3) is 0 Å². The molecule has 0 atom stereocenters. The minimum absolute atomic E-state index is 0.0465. The molecule has 0 unspecified atom stereocenters. The van der Waals surface area contributed by atoms with Gasteiger partial charge in [0.15, 0.2) is 5.82 Å². The molecule has 5 heteroatoms. The van der Waals surface area contributed by atoms with E-state index in [0.717, 1.165) is 23.8 Å². The highest BCUT2D eigenvalue weighted by atomic mass is 19.1. The van der Waals surface area contributed by atoms with Gasteiger partial charge < -0.3 is 0 Å². The standard InChI is InChI=1S/C13H10F2N2O/c1-8-6-16-13(17-7-8)12(18)4-9-2-10(14)5-11(15)3-9/h2-3,5-7H,4H2,1H3. The third-order valence-electron chi connectivity index (χ3n) is 2.32. The maximum absolute atomic E-state index is 13.0. The van der Waals surface area contributed by atoms with Crippen molar-refractivity contribution < 1.29 is 13.6 Å². The molecule has 92 valence electrons. The van der Waals surface area contributed by atoms with Crippen molar-refractivity contribution in [2.75, 3.05) is 0 Å². The molecule has 3 nitrogen and oxygen atoms in total.